The van der Waals surface area contributed by atoms with E-state index >= 15 is 0 Å². The van der Waals surface area contributed by atoms with Gasteiger partial charge in [-0.15, -0.1) is 11.3 Å². The number of likely N-dealkylation sites (N-methyl/N-ethyl adjacent to an activating group) is 3. The van der Waals surface area contributed by atoms with E-state index in [1.165, 1.54) is 28.9 Å². The van der Waals surface area contributed by atoms with Gasteiger partial charge >= 0.3 is 0 Å². The topological polar surface area (TPSA) is 18.5 Å². The standard InChI is InChI=1S/C15H26BrN3S/c1-4-17-13(10-15-12(16)6-9-20-15)14-11-18(2)7-5-8-19(14)3/h6,9,13-14,17H,4-5,7-8,10-11H2,1-3H3. The quantitative estimate of drug-likeness (QED) is 0.871. The first-order chi connectivity index (χ1) is 9.61. The van der Waals surface area contributed by atoms with Crippen molar-refractivity contribution in [3.8, 4) is 0 Å². The van der Waals surface area contributed by atoms with E-state index in [1.54, 1.807) is 0 Å². The Hall–Kier alpha value is 0.0600. The van der Waals surface area contributed by atoms with Crippen LogP contribution in [0.5, 0.6) is 0 Å². The molecule has 0 radical (unpaired) electrons. The second-order valence-corrected chi connectivity index (χ2v) is 7.58. The van der Waals surface area contributed by atoms with Crippen molar-refractivity contribution >= 4 is 27.3 Å². The second-order valence-electron chi connectivity index (χ2n) is 5.72. The van der Waals surface area contributed by atoms with Crippen LogP contribution in [-0.2, 0) is 6.42 Å². The zero-order chi connectivity index (χ0) is 14.5. The van der Waals surface area contributed by atoms with Gasteiger partial charge in [0.25, 0.3) is 0 Å². The molecule has 0 aliphatic carbocycles. The Labute approximate surface area is 135 Å². The molecule has 0 aromatic carbocycles. The van der Waals surface area contributed by atoms with Gasteiger partial charge in [0.1, 0.15) is 0 Å². The van der Waals surface area contributed by atoms with Gasteiger partial charge in [0.2, 0.25) is 0 Å². The van der Waals surface area contributed by atoms with Crippen molar-refractivity contribution in [2.24, 2.45) is 0 Å². The molecule has 3 nitrogen and oxygen atoms in total. The van der Waals surface area contributed by atoms with Crippen molar-refractivity contribution < 1.29 is 0 Å². The van der Waals surface area contributed by atoms with E-state index in [2.05, 4.69) is 63.5 Å². The van der Waals surface area contributed by atoms with Crippen LogP contribution in [0.3, 0.4) is 0 Å². The highest BCUT2D eigenvalue weighted by molar-refractivity contribution is 9.10. The van der Waals surface area contributed by atoms with Crippen molar-refractivity contribution in [2.45, 2.75) is 31.8 Å². The van der Waals surface area contributed by atoms with E-state index in [0.29, 0.717) is 12.1 Å². The van der Waals surface area contributed by atoms with Gasteiger partial charge in [-0.05, 0) is 73.9 Å². The molecular formula is C15H26BrN3S. The Balaban J connectivity index is 2.11. The number of hydrogen-bond donors (Lipinski definition) is 1. The van der Waals surface area contributed by atoms with Gasteiger partial charge in [-0.1, -0.05) is 6.92 Å². The summed E-state index contributed by atoms with van der Waals surface area (Å²) < 4.78 is 1.26. The van der Waals surface area contributed by atoms with E-state index < -0.39 is 0 Å². The average molecular weight is 360 g/mol. The molecule has 2 unspecified atom stereocenters. The molecule has 114 valence electrons. The maximum atomic E-state index is 3.71. The maximum absolute atomic E-state index is 3.71. The highest BCUT2D eigenvalue weighted by Crippen LogP contribution is 2.25. The lowest BCUT2D eigenvalue weighted by Gasteiger charge is -2.35. The van der Waals surface area contributed by atoms with Crippen molar-refractivity contribution in [3.05, 3.63) is 20.8 Å². The molecule has 2 atom stereocenters. The smallest absolute Gasteiger partial charge is 0.0376 e. The van der Waals surface area contributed by atoms with Crippen molar-refractivity contribution in [2.75, 3.05) is 40.3 Å². The first kappa shape index (κ1) is 16.4. The number of hydrogen-bond acceptors (Lipinski definition) is 4. The molecule has 0 saturated carbocycles. The number of nitrogens with zero attached hydrogens (tertiary/aromatic N) is 2. The van der Waals surface area contributed by atoms with Gasteiger partial charge in [-0.25, -0.2) is 0 Å². The van der Waals surface area contributed by atoms with Crippen molar-refractivity contribution in [1.82, 2.24) is 15.1 Å². The monoisotopic (exact) mass is 359 g/mol. The molecular weight excluding hydrogens is 334 g/mol. The molecule has 1 aliphatic heterocycles. The lowest BCUT2D eigenvalue weighted by molar-refractivity contribution is 0.178. The molecule has 1 N–H and O–H groups in total. The molecule has 2 heterocycles. The summed E-state index contributed by atoms with van der Waals surface area (Å²) >= 11 is 5.53. The first-order valence-corrected chi connectivity index (χ1v) is 9.13. The molecule has 1 aliphatic rings. The largest absolute Gasteiger partial charge is 0.312 e. The van der Waals surface area contributed by atoms with Crippen LogP contribution < -0.4 is 5.32 Å². The molecule has 1 aromatic rings. The third-order valence-electron chi connectivity index (χ3n) is 4.14. The predicted octanol–water partition coefficient (Wildman–Crippen LogP) is 2.67. The van der Waals surface area contributed by atoms with Crippen molar-refractivity contribution in [1.29, 1.82) is 0 Å². The van der Waals surface area contributed by atoms with E-state index in [0.717, 1.165) is 19.5 Å². The van der Waals surface area contributed by atoms with Crippen molar-refractivity contribution in [3.63, 3.8) is 0 Å². The Morgan fingerprint density at radius 3 is 2.90 bits per heavy atom. The average Bonchev–Trinajstić information content (AvgIpc) is 2.72. The van der Waals surface area contributed by atoms with Gasteiger partial charge in [0.15, 0.2) is 0 Å². The van der Waals surface area contributed by atoms with E-state index in [-0.39, 0.29) is 0 Å². The summed E-state index contributed by atoms with van der Waals surface area (Å²) in [6.07, 6.45) is 2.37. The van der Waals surface area contributed by atoms with Gasteiger partial charge in [0.05, 0.1) is 0 Å². The van der Waals surface area contributed by atoms with Crippen LogP contribution in [0.15, 0.2) is 15.9 Å². The number of thiophene rings is 1. The van der Waals surface area contributed by atoms with Crippen LogP contribution in [0.4, 0.5) is 0 Å². The van der Waals surface area contributed by atoms with E-state index in [1.807, 2.05) is 11.3 Å². The van der Waals surface area contributed by atoms with E-state index in [4.69, 9.17) is 0 Å². The lowest BCUT2D eigenvalue weighted by atomic mass is 10.0. The van der Waals surface area contributed by atoms with Gasteiger partial charge in [0, 0.05) is 28.0 Å². The SMILES string of the molecule is CCNC(Cc1sccc1Br)C1CN(C)CCCN1C. The van der Waals surface area contributed by atoms with Crippen LogP contribution in [0, 0.1) is 0 Å². The normalized spacial score (nSPS) is 23.7. The van der Waals surface area contributed by atoms with Crippen LogP contribution >= 0.6 is 27.3 Å². The Bertz CT molecular complexity index is 410. The zero-order valence-corrected chi connectivity index (χ0v) is 15.1. The molecule has 0 bridgehead atoms. The molecule has 1 saturated heterocycles. The highest BCUT2D eigenvalue weighted by Gasteiger charge is 2.28. The molecule has 20 heavy (non-hydrogen) atoms. The molecule has 0 amide bonds. The third-order valence-corrected chi connectivity index (χ3v) is 6.09. The number of halogens is 1. The summed E-state index contributed by atoms with van der Waals surface area (Å²) in [7, 11) is 4.52. The Morgan fingerprint density at radius 2 is 2.25 bits per heavy atom. The Morgan fingerprint density at radius 1 is 1.45 bits per heavy atom. The fourth-order valence-electron chi connectivity index (χ4n) is 3.02. The minimum atomic E-state index is 0.514. The lowest BCUT2D eigenvalue weighted by Crippen LogP contribution is -2.53. The summed E-state index contributed by atoms with van der Waals surface area (Å²) in [5.41, 5.74) is 0. The van der Waals surface area contributed by atoms with E-state index in [9.17, 15) is 0 Å². The minimum Gasteiger partial charge on any atom is -0.312 e. The number of rotatable bonds is 5. The van der Waals surface area contributed by atoms with Gasteiger partial charge < -0.3 is 15.1 Å². The summed E-state index contributed by atoms with van der Waals surface area (Å²) in [4.78, 5) is 6.47. The molecule has 0 spiro atoms. The maximum Gasteiger partial charge on any atom is 0.0376 e. The third kappa shape index (κ3) is 4.28. The molecule has 2 rings (SSSR count). The summed E-state index contributed by atoms with van der Waals surface area (Å²) in [6, 6.07) is 3.25. The predicted molar refractivity (Wildman–Crippen MR) is 91.7 cm³/mol. The number of nitrogens with one attached hydrogen (secondary N) is 1. The van der Waals surface area contributed by atoms with Crippen LogP contribution in [0.2, 0.25) is 0 Å². The Kier molecular flexibility index (Phi) is 6.49. The van der Waals surface area contributed by atoms with Crippen LogP contribution in [0.1, 0.15) is 18.2 Å². The summed E-state index contributed by atoms with van der Waals surface area (Å²) in [5, 5.41) is 5.89. The second kappa shape index (κ2) is 7.90. The fraction of sp³-hybridized carbons (Fsp3) is 0.733. The first-order valence-electron chi connectivity index (χ1n) is 7.45. The fourth-order valence-corrected chi connectivity index (χ4v) is 4.59. The van der Waals surface area contributed by atoms with Crippen LogP contribution in [-0.4, -0.2) is 62.2 Å². The summed E-state index contributed by atoms with van der Waals surface area (Å²) in [5.74, 6) is 0. The van der Waals surface area contributed by atoms with Crippen LogP contribution in [0.25, 0.3) is 0 Å². The molecule has 1 fully saturated rings. The summed E-state index contributed by atoms with van der Waals surface area (Å²) in [6.45, 7) is 6.79. The highest BCUT2D eigenvalue weighted by atomic mass is 79.9. The molecule has 1 aromatic heterocycles. The zero-order valence-electron chi connectivity index (χ0n) is 12.7. The minimum absolute atomic E-state index is 0.514. The molecule has 5 heteroatoms. The van der Waals surface area contributed by atoms with Gasteiger partial charge in [-0.3, -0.25) is 0 Å². The van der Waals surface area contributed by atoms with Gasteiger partial charge in [-0.2, -0.15) is 0 Å².